The molecule has 0 unspecified atom stereocenters. The molecule has 8 nitrogen and oxygen atoms in total. The normalized spacial score (nSPS) is 13.9. The van der Waals surface area contributed by atoms with E-state index in [1.807, 2.05) is 12.1 Å². The van der Waals surface area contributed by atoms with Gasteiger partial charge in [-0.1, -0.05) is 29.3 Å². The lowest BCUT2D eigenvalue weighted by Crippen LogP contribution is -2.43. The minimum absolute atomic E-state index is 0.213. The molecule has 0 saturated carbocycles. The highest BCUT2D eigenvalue weighted by atomic mass is 35.5. The highest BCUT2D eigenvalue weighted by Gasteiger charge is 2.21. The molecule has 2 aromatic carbocycles. The van der Waals surface area contributed by atoms with Crippen LogP contribution in [-0.4, -0.2) is 46.5 Å². The van der Waals surface area contributed by atoms with Gasteiger partial charge < -0.3 is 21.3 Å². The Morgan fingerprint density at radius 1 is 1.09 bits per heavy atom. The molecule has 174 valence electrons. The molecule has 3 heterocycles. The van der Waals surface area contributed by atoms with Crippen molar-refractivity contribution in [3.8, 4) is 0 Å². The lowest BCUT2D eigenvalue weighted by Gasteiger charge is -2.29. The van der Waals surface area contributed by atoms with Crippen LogP contribution >= 0.6 is 23.2 Å². The molecule has 34 heavy (non-hydrogen) atoms. The van der Waals surface area contributed by atoms with E-state index >= 15 is 0 Å². The van der Waals surface area contributed by atoms with Crippen LogP contribution in [0, 0.1) is 0 Å². The smallest absolute Gasteiger partial charge is 0.256 e. The van der Waals surface area contributed by atoms with Gasteiger partial charge in [0, 0.05) is 66.4 Å². The first-order valence-electron chi connectivity index (χ1n) is 10.9. The van der Waals surface area contributed by atoms with Crippen molar-refractivity contribution < 1.29 is 4.79 Å². The summed E-state index contributed by atoms with van der Waals surface area (Å²) in [6.07, 6.45) is 3.69. The summed E-state index contributed by atoms with van der Waals surface area (Å²) in [6, 6.07) is 13.4. The highest BCUT2D eigenvalue weighted by molar-refractivity contribution is 6.36. The first-order valence-corrected chi connectivity index (χ1v) is 11.7. The standard InChI is InChI=1S/C24H23Cl2N7O/c25-18-2-1-3-19(26)17(18)14-20-31-23(21(22(27)34)24-29-10-13-33(20)24)30-15-4-6-16(7-5-15)32-11-8-28-9-12-32/h1-7,10,13,28,30H,8-9,11-12,14H2,(H2,27,34). The highest BCUT2D eigenvalue weighted by Crippen LogP contribution is 2.29. The van der Waals surface area contributed by atoms with Crippen LogP contribution in [0.2, 0.25) is 10.0 Å². The largest absolute Gasteiger partial charge is 0.369 e. The van der Waals surface area contributed by atoms with Crippen molar-refractivity contribution in [2.24, 2.45) is 5.73 Å². The molecule has 0 aliphatic carbocycles. The van der Waals surface area contributed by atoms with Gasteiger partial charge in [-0.25, -0.2) is 9.97 Å². The average Bonchev–Trinajstić information content (AvgIpc) is 3.32. The predicted molar refractivity (Wildman–Crippen MR) is 136 cm³/mol. The van der Waals surface area contributed by atoms with E-state index in [9.17, 15) is 4.79 Å². The zero-order valence-electron chi connectivity index (χ0n) is 18.3. The summed E-state index contributed by atoms with van der Waals surface area (Å²) in [5.74, 6) is 0.331. The van der Waals surface area contributed by atoms with E-state index in [0.717, 1.165) is 43.1 Å². The molecule has 0 atom stereocenters. The zero-order chi connectivity index (χ0) is 23.7. The molecular formula is C24H23Cl2N7O. The Bertz CT molecular complexity index is 1330. The number of carbonyl (C=O) groups is 1. The number of anilines is 3. The zero-order valence-corrected chi connectivity index (χ0v) is 19.8. The van der Waals surface area contributed by atoms with Crippen molar-refractivity contribution in [1.82, 2.24) is 19.7 Å². The average molecular weight is 496 g/mol. The van der Waals surface area contributed by atoms with E-state index in [1.165, 1.54) is 0 Å². The number of rotatable bonds is 6. The van der Waals surface area contributed by atoms with Crippen LogP contribution in [0.25, 0.3) is 5.65 Å². The van der Waals surface area contributed by atoms with Gasteiger partial charge in [-0.05, 0) is 42.0 Å². The predicted octanol–water partition coefficient (Wildman–Crippen LogP) is 3.88. The van der Waals surface area contributed by atoms with Gasteiger partial charge in [-0.3, -0.25) is 9.20 Å². The number of carbonyl (C=O) groups excluding carboxylic acids is 1. The lowest BCUT2D eigenvalue weighted by molar-refractivity contribution is 0.100. The number of amides is 1. The Kier molecular flexibility index (Phi) is 6.28. The summed E-state index contributed by atoms with van der Waals surface area (Å²) in [5.41, 5.74) is 9.04. The van der Waals surface area contributed by atoms with Gasteiger partial charge in [0.1, 0.15) is 17.2 Å². The van der Waals surface area contributed by atoms with Crippen LogP contribution in [0.1, 0.15) is 21.7 Å². The number of nitrogens with one attached hydrogen (secondary N) is 2. The number of imidazole rings is 1. The Balaban J connectivity index is 1.52. The molecule has 1 amide bonds. The van der Waals surface area contributed by atoms with Crippen LogP contribution in [0.4, 0.5) is 17.2 Å². The molecule has 1 aliphatic heterocycles. The van der Waals surface area contributed by atoms with Crippen LogP contribution in [0.3, 0.4) is 0 Å². The minimum atomic E-state index is -0.619. The topological polar surface area (TPSA) is 101 Å². The lowest BCUT2D eigenvalue weighted by atomic mass is 10.1. The number of hydrogen-bond donors (Lipinski definition) is 3. The van der Waals surface area contributed by atoms with Gasteiger partial charge >= 0.3 is 0 Å². The van der Waals surface area contributed by atoms with Gasteiger partial charge in [-0.2, -0.15) is 0 Å². The maximum absolute atomic E-state index is 12.4. The van der Waals surface area contributed by atoms with Gasteiger partial charge in [0.15, 0.2) is 5.65 Å². The van der Waals surface area contributed by atoms with Crippen LogP contribution in [0.15, 0.2) is 54.9 Å². The minimum Gasteiger partial charge on any atom is -0.369 e. The van der Waals surface area contributed by atoms with Crippen molar-refractivity contribution >= 4 is 51.9 Å². The summed E-state index contributed by atoms with van der Waals surface area (Å²) in [7, 11) is 0. The number of nitrogens with two attached hydrogens (primary N) is 1. The number of aromatic nitrogens is 3. The molecule has 0 spiro atoms. The maximum Gasteiger partial charge on any atom is 0.256 e. The molecule has 4 N–H and O–H groups in total. The fourth-order valence-corrected chi connectivity index (χ4v) is 4.69. The molecular weight excluding hydrogens is 473 g/mol. The number of halogens is 2. The molecule has 2 aromatic heterocycles. The summed E-state index contributed by atoms with van der Waals surface area (Å²) >= 11 is 12.8. The molecule has 1 fully saturated rings. The van der Waals surface area contributed by atoms with Crippen LogP contribution < -0.4 is 21.3 Å². The van der Waals surface area contributed by atoms with E-state index in [2.05, 4.69) is 32.7 Å². The number of piperazine rings is 1. The van der Waals surface area contributed by atoms with E-state index in [-0.39, 0.29) is 5.56 Å². The molecule has 4 aromatic rings. The summed E-state index contributed by atoms with van der Waals surface area (Å²) in [6.45, 7) is 3.86. The maximum atomic E-state index is 12.4. The van der Waals surface area contributed by atoms with Crippen molar-refractivity contribution in [2.45, 2.75) is 6.42 Å². The van der Waals surface area contributed by atoms with Gasteiger partial charge in [0.05, 0.1) is 0 Å². The third-order valence-corrected chi connectivity index (χ3v) is 6.58. The quantitative estimate of drug-likeness (QED) is 0.375. The second kappa shape index (κ2) is 9.50. The molecule has 1 aliphatic rings. The number of hydrogen-bond acceptors (Lipinski definition) is 6. The fraction of sp³-hybridized carbons (Fsp3) is 0.208. The SMILES string of the molecule is NC(=O)c1c(Nc2ccc(N3CCNCC3)cc2)nc(Cc2c(Cl)cccc2Cl)n2ccnc12. The second-order valence-electron chi connectivity index (χ2n) is 8.02. The van der Waals surface area contributed by atoms with Gasteiger partial charge in [0.25, 0.3) is 5.91 Å². The van der Waals surface area contributed by atoms with Crippen molar-refractivity contribution in [3.05, 3.63) is 81.9 Å². The molecule has 0 bridgehead atoms. The van der Waals surface area contributed by atoms with E-state index in [0.29, 0.717) is 33.8 Å². The number of benzene rings is 2. The first-order chi connectivity index (χ1) is 16.5. The molecule has 5 rings (SSSR count). The fourth-order valence-electron chi connectivity index (χ4n) is 4.16. The van der Waals surface area contributed by atoms with Gasteiger partial charge in [0.2, 0.25) is 0 Å². The van der Waals surface area contributed by atoms with E-state index in [1.54, 1.807) is 35.0 Å². The van der Waals surface area contributed by atoms with Crippen molar-refractivity contribution in [3.63, 3.8) is 0 Å². The third-order valence-electron chi connectivity index (χ3n) is 5.88. The van der Waals surface area contributed by atoms with Gasteiger partial charge in [-0.15, -0.1) is 0 Å². The van der Waals surface area contributed by atoms with E-state index < -0.39 is 5.91 Å². The van der Waals surface area contributed by atoms with Crippen molar-refractivity contribution in [1.29, 1.82) is 0 Å². The Morgan fingerprint density at radius 2 is 1.79 bits per heavy atom. The Hall–Kier alpha value is -3.33. The second-order valence-corrected chi connectivity index (χ2v) is 8.84. The summed E-state index contributed by atoms with van der Waals surface area (Å²) in [5, 5.41) is 7.70. The monoisotopic (exact) mass is 495 g/mol. The Morgan fingerprint density at radius 3 is 2.47 bits per heavy atom. The summed E-state index contributed by atoms with van der Waals surface area (Å²) in [4.78, 5) is 23.8. The van der Waals surface area contributed by atoms with Crippen LogP contribution in [0.5, 0.6) is 0 Å². The Labute approximate surface area is 206 Å². The van der Waals surface area contributed by atoms with E-state index in [4.69, 9.17) is 33.9 Å². The molecule has 10 heteroatoms. The first kappa shape index (κ1) is 22.5. The number of nitrogens with zero attached hydrogens (tertiary/aromatic N) is 4. The molecule has 0 radical (unpaired) electrons. The number of primary amides is 1. The number of fused-ring (bicyclic) bond motifs is 1. The molecule has 1 saturated heterocycles. The van der Waals surface area contributed by atoms with Crippen molar-refractivity contribution in [2.75, 3.05) is 36.4 Å². The third kappa shape index (κ3) is 4.40. The van der Waals surface area contributed by atoms with Crippen LogP contribution in [-0.2, 0) is 6.42 Å². The summed E-state index contributed by atoms with van der Waals surface area (Å²) < 4.78 is 1.73.